The summed E-state index contributed by atoms with van der Waals surface area (Å²) in [4.78, 5) is 0. The van der Waals surface area contributed by atoms with Crippen LogP contribution in [0.15, 0.2) is 24.3 Å². The van der Waals surface area contributed by atoms with Crippen LogP contribution in [0.4, 0.5) is 0 Å². The molecule has 1 atom stereocenters. The molecule has 1 aromatic carbocycles. The predicted octanol–water partition coefficient (Wildman–Crippen LogP) is 1.78. The summed E-state index contributed by atoms with van der Waals surface area (Å²) in [6, 6.07) is 7.02. The Balaban J connectivity index is 2.45. The smallest absolute Gasteiger partial charge is 0.357 e. The molecule has 0 radical (unpaired) electrons. The van der Waals surface area contributed by atoms with Gasteiger partial charge in [0, 0.05) is 6.61 Å². The van der Waals surface area contributed by atoms with E-state index in [0.29, 0.717) is 19.0 Å². The average molecular weight is 230 g/mol. The first-order valence-electron chi connectivity index (χ1n) is 4.68. The molecule has 0 bridgehead atoms. The lowest BCUT2D eigenvalue weighted by Crippen LogP contribution is -1.99. The first-order chi connectivity index (χ1) is 7.22. The van der Waals surface area contributed by atoms with Gasteiger partial charge in [0.1, 0.15) is 5.75 Å². The van der Waals surface area contributed by atoms with Gasteiger partial charge in [0.15, 0.2) is 0 Å². The molecule has 5 heteroatoms. The third kappa shape index (κ3) is 4.92. The van der Waals surface area contributed by atoms with Crippen molar-refractivity contribution in [2.45, 2.75) is 13.3 Å². The highest BCUT2D eigenvalue weighted by atomic mass is 32.2. The van der Waals surface area contributed by atoms with Gasteiger partial charge in [0.05, 0.1) is 6.61 Å². The molecule has 0 heterocycles. The third-order valence-corrected chi connectivity index (χ3v) is 2.17. The normalized spacial score (nSPS) is 12.4. The summed E-state index contributed by atoms with van der Waals surface area (Å²) in [6.07, 6.45) is 0.830. The zero-order chi connectivity index (χ0) is 11.1. The van der Waals surface area contributed by atoms with Crippen LogP contribution in [0.25, 0.3) is 0 Å². The van der Waals surface area contributed by atoms with Gasteiger partial charge in [-0.3, -0.25) is 4.55 Å². The summed E-state index contributed by atoms with van der Waals surface area (Å²) >= 11 is -2.25. The SMILES string of the molecule is CCOCCc1ccc(OS(=O)O)cc1. The van der Waals surface area contributed by atoms with Gasteiger partial charge in [-0.2, -0.15) is 4.21 Å². The maximum atomic E-state index is 10.3. The van der Waals surface area contributed by atoms with Crippen molar-refractivity contribution in [3.63, 3.8) is 0 Å². The molecule has 1 unspecified atom stereocenters. The molecular formula is C10H14O4S. The maximum absolute atomic E-state index is 10.3. The van der Waals surface area contributed by atoms with E-state index in [9.17, 15) is 4.21 Å². The molecule has 0 fully saturated rings. The molecule has 1 rings (SSSR count). The van der Waals surface area contributed by atoms with E-state index < -0.39 is 11.4 Å². The summed E-state index contributed by atoms with van der Waals surface area (Å²) in [5, 5.41) is 0. The third-order valence-electron chi connectivity index (χ3n) is 1.83. The number of rotatable bonds is 6. The molecule has 0 aliphatic carbocycles. The van der Waals surface area contributed by atoms with Crippen molar-refractivity contribution in [3.8, 4) is 5.75 Å². The van der Waals surface area contributed by atoms with Gasteiger partial charge in [0.2, 0.25) is 0 Å². The molecule has 1 aromatic rings. The fourth-order valence-electron chi connectivity index (χ4n) is 1.13. The largest absolute Gasteiger partial charge is 0.381 e. The van der Waals surface area contributed by atoms with Crippen molar-refractivity contribution in [1.82, 2.24) is 0 Å². The van der Waals surface area contributed by atoms with Crippen LogP contribution in [0.5, 0.6) is 5.75 Å². The van der Waals surface area contributed by atoms with E-state index in [1.54, 1.807) is 12.1 Å². The van der Waals surface area contributed by atoms with E-state index in [2.05, 4.69) is 4.18 Å². The molecule has 0 saturated carbocycles. The fourth-order valence-corrected chi connectivity index (χ4v) is 1.40. The first-order valence-corrected chi connectivity index (χ1v) is 5.71. The van der Waals surface area contributed by atoms with Crippen LogP contribution in [0.3, 0.4) is 0 Å². The monoisotopic (exact) mass is 230 g/mol. The van der Waals surface area contributed by atoms with E-state index >= 15 is 0 Å². The van der Waals surface area contributed by atoms with Crippen molar-refractivity contribution >= 4 is 11.4 Å². The molecule has 15 heavy (non-hydrogen) atoms. The number of ether oxygens (including phenoxy) is 1. The van der Waals surface area contributed by atoms with Gasteiger partial charge in [-0.25, -0.2) is 0 Å². The zero-order valence-electron chi connectivity index (χ0n) is 8.51. The minimum Gasteiger partial charge on any atom is -0.381 e. The lowest BCUT2D eigenvalue weighted by molar-refractivity contribution is 0.151. The summed E-state index contributed by atoms with van der Waals surface area (Å²) in [6.45, 7) is 3.35. The molecule has 0 aliphatic heterocycles. The molecule has 0 aliphatic rings. The predicted molar refractivity (Wildman–Crippen MR) is 58.0 cm³/mol. The molecule has 1 N–H and O–H groups in total. The second-order valence-corrected chi connectivity index (χ2v) is 3.49. The Labute approximate surface area is 91.7 Å². The lowest BCUT2D eigenvalue weighted by atomic mass is 10.1. The summed E-state index contributed by atoms with van der Waals surface area (Å²) < 4.78 is 28.6. The van der Waals surface area contributed by atoms with E-state index in [1.165, 1.54) is 0 Å². The van der Waals surface area contributed by atoms with E-state index in [0.717, 1.165) is 12.0 Å². The minimum absolute atomic E-state index is 0.385. The second-order valence-electron chi connectivity index (χ2n) is 2.89. The van der Waals surface area contributed by atoms with Gasteiger partial charge >= 0.3 is 11.4 Å². The molecule has 0 saturated heterocycles. The minimum atomic E-state index is -2.25. The molecule has 4 nitrogen and oxygen atoms in total. The topological polar surface area (TPSA) is 55.8 Å². The van der Waals surface area contributed by atoms with Crippen molar-refractivity contribution < 1.29 is 17.7 Å². The lowest BCUT2D eigenvalue weighted by Gasteiger charge is -2.03. The van der Waals surface area contributed by atoms with E-state index in [-0.39, 0.29) is 0 Å². The van der Waals surface area contributed by atoms with Crippen molar-refractivity contribution in [3.05, 3.63) is 29.8 Å². The fraction of sp³-hybridized carbons (Fsp3) is 0.400. The van der Waals surface area contributed by atoms with Crippen molar-refractivity contribution in [1.29, 1.82) is 0 Å². The van der Waals surface area contributed by atoms with Crippen LogP contribution in [0, 0.1) is 0 Å². The molecule has 0 amide bonds. The first kappa shape index (κ1) is 12.2. The highest BCUT2D eigenvalue weighted by molar-refractivity contribution is 7.74. The second kappa shape index (κ2) is 6.55. The Kier molecular flexibility index (Phi) is 5.31. The van der Waals surface area contributed by atoms with Gasteiger partial charge in [-0.05, 0) is 31.0 Å². The Hall–Kier alpha value is -0.910. The van der Waals surface area contributed by atoms with Gasteiger partial charge in [-0.1, -0.05) is 12.1 Å². The highest BCUT2D eigenvalue weighted by Gasteiger charge is 1.98. The van der Waals surface area contributed by atoms with Crippen LogP contribution >= 0.6 is 0 Å². The highest BCUT2D eigenvalue weighted by Crippen LogP contribution is 2.13. The molecular weight excluding hydrogens is 216 g/mol. The van der Waals surface area contributed by atoms with Crippen molar-refractivity contribution in [2.24, 2.45) is 0 Å². The molecule has 0 aromatic heterocycles. The quantitative estimate of drug-likeness (QED) is 0.598. The van der Waals surface area contributed by atoms with Crippen LogP contribution in [-0.4, -0.2) is 22.0 Å². The standard InChI is InChI=1S/C10H14O4S/c1-2-13-8-7-9-3-5-10(6-4-9)14-15(11)12/h3-6H,2,7-8H2,1H3,(H,11,12). The Bertz CT molecular complexity index is 310. The van der Waals surface area contributed by atoms with Crippen molar-refractivity contribution in [2.75, 3.05) is 13.2 Å². The maximum Gasteiger partial charge on any atom is 0.357 e. The van der Waals surface area contributed by atoms with E-state index in [4.69, 9.17) is 9.29 Å². The Morgan fingerprint density at radius 3 is 2.53 bits per heavy atom. The van der Waals surface area contributed by atoms with Gasteiger partial charge < -0.3 is 8.92 Å². The van der Waals surface area contributed by atoms with Crippen LogP contribution in [-0.2, 0) is 22.5 Å². The molecule has 84 valence electrons. The summed E-state index contributed by atoms with van der Waals surface area (Å²) in [5.41, 5.74) is 1.11. The number of benzene rings is 1. The Morgan fingerprint density at radius 2 is 2.00 bits per heavy atom. The van der Waals surface area contributed by atoms with E-state index in [1.807, 2.05) is 19.1 Å². The Morgan fingerprint density at radius 1 is 1.33 bits per heavy atom. The average Bonchev–Trinajstić information content (AvgIpc) is 2.20. The van der Waals surface area contributed by atoms with Gasteiger partial charge in [-0.15, -0.1) is 0 Å². The van der Waals surface area contributed by atoms with Crippen LogP contribution in [0.1, 0.15) is 12.5 Å². The zero-order valence-corrected chi connectivity index (χ0v) is 9.33. The van der Waals surface area contributed by atoms with Crippen LogP contribution in [0.2, 0.25) is 0 Å². The molecule has 0 spiro atoms. The summed E-state index contributed by atoms with van der Waals surface area (Å²) in [7, 11) is 0. The number of hydrogen-bond acceptors (Lipinski definition) is 3. The van der Waals surface area contributed by atoms with Gasteiger partial charge in [0.25, 0.3) is 0 Å². The number of hydrogen-bond donors (Lipinski definition) is 1. The van der Waals surface area contributed by atoms with Crippen LogP contribution < -0.4 is 4.18 Å². The summed E-state index contributed by atoms with van der Waals surface area (Å²) in [5.74, 6) is 0.385.